The molecular formula is C26H24BrN3O5. The molecule has 1 fully saturated rings. The van der Waals surface area contributed by atoms with Crippen LogP contribution in [0.25, 0.3) is 0 Å². The minimum atomic E-state index is -1.40. The minimum absolute atomic E-state index is 0.323. The second-order valence-electron chi connectivity index (χ2n) is 8.79. The van der Waals surface area contributed by atoms with E-state index in [0.717, 1.165) is 5.56 Å². The van der Waals surface area contributed by atoms with Crippen LogP contribution in [0.4, 0.5) is 5.69 Å². The Morgan fingerprint density at radius 3 is 2.60 bits per heavy atom. The van der Waals surface area contributed by atoms with Gasteiger partial charge in [-0.2, -0.15) is 0 Å². The Labute approximate surface area is 211 Å². The Morgan fingerprint density at radius 1 is 1.17 bits per heavy atom. The van der Waals surface area contributed by atoms with Gasteiger partial charge in [0, 0.05) is 22.7 Å². The van der Waals surface area contributed by atoms with Crippen molar-refractivity contribution in [3.05, 3.63) is 98.0 Å². The standard InChI is InChI=1S/C26H24BrN3O5/c1-29-14-18(24(30(32)33)26(29)19-10-6-7-11-21(19)28-25(26)31)17-12-20(27)23(22(13-17)34-2)35-15-16-8-4-3-5-9-16/h3-13,18,24H,14-15H2,1-2H3,(H,28,31)/t18-,24+,26+/m0/s1. The lowest BCUT2D eigenvalue weighted by molar-refractivity contribution is -0.534. The molecule has 0 aliphatic carbocycles. The maximum atomic E-state index is 13.3. The number of halogens is 1. The number of nitrogens with zero attached hydrogens (tertiary/aromatic N) is 2. The van der Waals surface area contributed by atoms with Crippen LogP contribution in [0.5, 0.6) is 11.5 Å². The summed E-state index contributed by atoms with van der Waals surface area (Å²) in [6.45, 7) is 0.673. The molecule has 1 saturated heterocycles. The number of ether oxygens (including phenoxy) is 2. The van der Waals surface area contributed by atoms with Gasteiger partial charge in [0.1, 0.15) is 6.61 Å². The normalized spacial score (nSPS) is 23.2. The summed E-state index contributed by atoms with van der Waals surface area (Å²) in [6, 6.07) is 19.3. The van der Waals surface area contributed by atoms with E-state index in [-0.39, 0.29) is 10.8 Å². The van der Waals surface area contributed by atoms with Gasteiger partial charge in [0.2, 0.25) is 0 Å². The molecule has 1 amide bonds. The first-order valence-corrected chi connectivity index (χ1v) is 12.0. The lowest BCUT2D eigenvalue weighted by Gasteiger charge is -2.30. The van der Waals surface area contributed by atoms with Crippen molar-refractivity contribution in [3.8, 4) is 11.5 Å². The molecular weight excluding hydrogens is 514 g/mol. The zero-order chi connectivity index (χ0) is 24.7. The molecule has 0 unspecified atom stereocenters. The van der Waals surface area contributed by atoms with Gasteiger partial charge >= 0.3 is 0 Å². The van der Waals surface area contributed by atoms with Crippen molar-refractivity contribution in [2.75, 3.05) is 26.0 Å². The van der Waals surface area contributed by atoms with E-state index in [1.165, 1.54) is 7.11 Å². The van der Waals surface area contributed by atoms with E-state index in [9.17, 15) is 14.9 Å². The van der Waals surface area contributed by atoms with Crippen LogP contribution in [0.15, 0.2) is 71.2 Å². The van der Waals surface area contributed by atoms with Crippen LogP contribution < -0.4 is 14.8 Å². The highest BCUT2D eigenvalue weighted by Crippen LogP contribution is 2.53. The van der Waals surface area contributed by atoms with E-state index in [1.54, 1.807) is 36.2 Å². The molecule has 3 aromatic carbocycles. The quantitative estimate of drug-likeness (QED) is 0.366. The number of likely N-dealkylation sites (N-methyl/N-ethyl adjacent to an activating group) is 1. The minimum Gasteiger partial charge on any atom is -0.493 e. The van der Waals surface area contributed by atoms with Gasteiger partial charge in [-0.1, -0.05) is 48.5 Å². The van der Waals surface area contributed by atoms with E-state index >= 15 is 0 Å². The van der Waals surface area contributed by atoms with E-state index in [4.69, 9.17) is 9.47 Å². The highest BCUT2D eigenvalue weighted by molar-refractivity contribution is 9.10. The molecule has 35 heavy (non-hydrogen) atoms. The highest BCUT2D eigenvalue weighted by Gasteiger charge is 2.68. The monoisotopic (exact) mass is 537 g/mol. The number of likely N-dealkylation sites (tertiary alicyclic amines) is 1. The van der Waals surface area contributed by atoms with E-state index in [0.29, 0.717) is 45.9 Å². The van der Waals surface area contributed by atoms with Crippen molar-refractivity contribution >= 4 is 27.5 Å². The van der Waals surface area contributed by atoms with Crippen molar-refractivity contribution in [2.24, 2.45) is 0 Å². The summed E-state index contributed by atoms with van der Waals surface area (Å²) < 4.78 is 12.3. The van der Waals surface area contributed by atoms with Crippen LogP contribution in [0, 0.1) is 10.1 Å². The predicted octanol–water partition coefficient (Wildman–Crippen LogP) is 4.56. The van der Waals surface area contributed by atoms with Crippen molar-refractivity contribution in [2.45, 2.75) is 24.1 Å². The number of hydrogen-bond donors (Lipinski definition) is 1. The second-order valence-corrected chi connectivity index (χ2v) is 9.65. The zero-order valence-corrected chi connectivity index (χ0v) is 20.8. The van der Waals surface area contributed by atoms with Crippen LogP contribution in [0.3, 0.4) is 0 Å². The third-order valence-electron chi connectivity index (χ3n) is 6.95. The molecule has 8 nitrogen and oxygen atoms in total. The third-order valence-corrected chi connectivity index (χ3v) is 7.54. The molecule has 2 aliphatic heterocycles. The molecule has 0 radical (unpaired) electrons. The van der Waals surface area contributed by atoms with Gasteiger partial charge in [-0.05, 0) is 52.3 Å². The fourth-order valence-corrected chi connectivity index (χ4v) is 5.98. The number of amides is 1. The van der Waals surface area contributed by atoms with Crippen molar-refractivity contribution < 1.29 is 19.2 Å². The largest absolute Gasteiger partial charge is 0.493 e. The molecule has 2 aliphatic rings. The number of hydrogen-bond acceptors (Lipinski definition) is 6. The van der Waals surface area contributed by atoms with Gasteiger partial charge in [-0.3, -0.25) is 19.8 Å². The van der Waals surface area contributed by atoms with Crippen LogP contribution in [-0.4, -0.2) is 42.5 Å². The van der Waals surface area contributed by atoms with Crippen LogP contribution in [-0.2, 0) is 16.9 Å². The number of rotatable bonds is 6. The van der Waals surface area contributed by atoms with Gasteiger partial charge in [-0.25, -0.2) is 0 Å². The summed E-state index contributed by atoms with van der Waals surface area (Å²) in [5, 5.41) is 15.4. The Morgan fingerprint density at radius 2 is 1.89 bits per heavy atom. The molecule has 0 bridgehead atoms. The second kappa shape index (κ2) is 8.98. The predicted molar refractivity (Wildman–Crippen MR) is 134 cm³/mol. The zero-order valence-electron chi connectivity index (χ0n) is 19.2. The number of carbonyl (C=O) groups excluding carboxylic acids is 1. The van der Waals surface area contributed by atoms with Gasteiger partial charge in [0.05, 0.1) is 17.5 Å². The Bertz CT molecular complexity index is 1300. The molecule has 0 aromatic heterocycles. The first-order chi connectivity index (χ1) is 16.9. The Hall–Kier alpha value is -3.43. The topological polar surface area (TPSA) is 93.9 Å². The molecule has 3 aromatic rings. The van der Waals surface area contributed by atoms with Gasteiger partial charge in [0.25, 0.3) is 11.9 Å². The molecule has 2 heterocycles. The van der Waals surface area contributed by atoms with Crippen LogP contribution in [0.2, 0.25) is 0 Å². The summed E-state index contributed by atoms with van der Waals surface area (Å²) >= 11 is 3.58. The number of methoxy groups -OCH3 is 1. The Kier molecular flexibility index (Phi) is 5.98. The number of carbonyl (C=O) groups is 1. The van der Waals surface area contributed by atoms with Crippen molar-refractivity contribution in [3.63, 3.8) is 0 Å². The number of fused-ring (bicyclic) bond motifs is 2. The molecule has 0 saturated carbocycles. The number of para-hydroxylation sites is 1. The summed E-state index contributed by atoms with van der Waals surface area (Å²) in [6.07, 6.45) is 0. The average molecular weight is 538 g/mol. The summed E-state index contributed by atoms with van der Waals surface area (Å²) in [5.41, 5.74) is 1.55. The number of nitro groups is 1. The van der Waals surface area contributed by atoms with Crippen molar-refractivity contribution in [1.82, 2.24) is 4.90 Å². The SMILES string of the molecule is COc1cc([C@@H]2CN(C)[C@@]3(C(=O)Nc4ccccc43)[C@@H]2[N+](=O)[O-])cc(Br)c1OCc1ccccc1. The first-order valence-electron chi connectivity index (χ1n) is 11.2. The fourth-order valence-electron chi connectivity index (χ4n) is 5.40. The molecule has 1 N–H and O–H groups in total. The summed E-state index contributed by atoms with van der Waals surface area (Å²) in [4.78, 5) is 27.3. The molecule has 5 rings (SSSR count). The Balaban J connectivity index is 1.54. The van der Waals surface area contributed by atoms with Gasteiger partial charge in [0.15, 0.2) is 17.0 Å². The van der Waals surface area contributed by atoms with E-state index in [1.807, 2.05) is 42.5 Å². The number of anilines is 1. The van der Waals surface area contributed by atoms with E-state index < -0.39 is 17.5 Å². The summed E-state index contributed by atoms with van der Waals surface area (Å²) in [5.74, 6) is 0.0505. The highest BCUT2D eigenvalue weighted by atomic mass is 79.9. The maximum absolute atomic E-state index is 13.3. The molecule has 1 spiro atoms. The average Bonchev–Trinajstić information content (AvgIpc) is 3.33. The van der Waals surface area contributed by atoms with Gasteiger partial charge in [-0.15, -0.1) is 0 Å². The van der Waals surface area contributed by atoms with Gasteiger partial charge < -0.3 is 14.8 Å². The van der Waals surface area contributed by atoms with Crippen LogP contribution in [0.1, 0.15) is 22.6 Å². The third kappa shape index (κ3) is 3.66. The lowest BCUT2D eigenvalue weighted by atomic mass is 9.79. The van der Waals surface area contributed by atoms with Crippen molar-refractivity contribution in [1.29, 1.82) is 0 Å². The lowest BCUT2D eigenvalue weighted by Crippen LogP contribution is -2.54. The maximum Gasteiger partial charge on any atom is 0.256 e. The molecule has 3 atom stereocenters. The first kappa shape index (κ1) is 23.3. The van der Waals surface area contributed by atoms with Crippen LogP contribution >= 0.6 is 15.9 Å². The number of nitrogens with one attached hydrogen (secondary N) is 1. The van der Waals surface area contributed by atoms with E-state index in [2.05, 4.69) is 21.2 Å². The number of benzene rings is 3. The summed E-state index contributed by atoms with van der Waals surface area (Å²) in [7, 11) is 3.30. The molecule has 180 valence electrons. The molecule has 9 heteroatoms. The fraction of sp³-hybridized carbons (Fsp3) is 0.269. The smallest absolute Gasteiger partial charge is 0.256 e.